The van der Waals surface area contributed by atoms with Crippen molar-refractivity contribution in [3.8, 4) is 5.75 Å². The van der Waals surface area contributed by atoms with Crippen LogP contribution in [0.1, 0.15) is 33.6 Å². The molecule has 3 nitrogen and oxygen atoms in total. The van der Waals surface area contributed by atoms with Gasteiger partial charge in [-0.25, -0.2) is 0 Å². The average molecular weight is 262 g/mol. The molecule has 2 rings (SSSR count). The van der Waals surface area contributed by atoms with E-state index in [1.165, 1.54) is 12.1 Å². The van der Waals surface area contributed by atoms with E-state index < -0.39 is 0 Å². The van der Waals surface area contributed by atoms with Crippen LogP contribution in [0, 0.1) is 0 Å². The van der Waals surface area contributed by atoms with Gasteiger partial charge in [-0.2, -0.15) is 0 Å². The van der Waals surface area contributed by atoms with Gasteiger partial charge in [0.15, 0.2) is 0 Å². The molecule has 106 valence electrons. The molecule has 0 amide bonds. The minimum atomic E-state index is 0.279. The summed E-state index contributed by atoms with van der Waals surface area (Å²) >= 11 is 0. The Bertz CT molecular complexity index is 394. The molecule has 1 aromatic carbocycles. The molecule has 0 spiro atoms. The number of nitrogens with zero attached hydrogens (tertiary/aromatic N) is 1. The van der Waals surface area contributed by atoms with E-state index in [9.17, 15) is 0 Å². The van der Waals surface area contributed by atoms with Crippen molar-refractivity contribution in [2.24, 2.45) is 0 Å². The Morgan fingerprint density at radius 2 is 2.26 bits per heavy atom. The fourth-order valence-corrected chi connectivity index (χ4v) is 2.40. The van der Waals surface area contributed by atoms with Crippen LogP contribution >= 0.6 is 0 Å². The van der Waals surface area contributed by atoms with Gasteiger partial charge in [-0.05, 0) is 31.9 Å². The number of hydrogen-bond donors (Lipinski definition) is 1. The minimum Gasteiger partial charge on any atom is -0.491 e. The molecule has 1 aliphatic rings. The first-order valence-electron chi connectivity index (χ1n) is 7.48. The molecule has 0 aromatic heterocycles. The number of ether oxygens (including phenoxy) is 1. The minimum absolute atomic E-state index is 0.279. The van der Waals surface area contributed by atoms with E-state index in [4.69, 9.17) is 4.74 Å². The average Bonchev–Trinajstić information content (AvgIpc) is 2.47. The highest BCUT2D eigenvalue weighted by Gasteiger charge is 2.18. The molecule has 0 saturated carbocycles. The molecule has 3 heteroatoms. The molecule has 1 N–H and O–H groups in total. The van der Waals surface area contributed by atoms with E-state index in [-0.39, 0.29) is 6.10 Å². The molecule has 0 radical (unpaired) electrons. The van der Waals surface area contributed by atoms with Crippen molar-refractivity contribution in [1.82, 2.24) is 5.32 Å². The zero-order valence-electron chi connectivity index (χ0n) is 12.4. The molecule has 0 bridgehead atoms. The Morgan fingerprint density at radius 3 is 3.00 bits per heavy atom. The molecular weight excluding hydrogens is 236 g/mol. The number of rotatable bonds is 5. The highest BCUT2D eigenvalue weighted by molar-refractivity contribution is 5.51. The maximum absolute atomic E-state index is 5.91. The van der Waals surface area contributed by atoms with E-state index >= 15 is 0 Å². The summed E-state index contributed by atoms with van der Waals surface area (Å²) in [4.78, 5) is 2.45. The Kier molecular flexibility index (Phi) is 5.08. The molecule has 1 aliphatic heterocycles. The number of anilines is 1. The predicted octanol–water partition coefficient (Wildman–Crippen LogP) is 3.05. The topological polar surface area (TPSA) is 24.5 Å². The van der Waals surface area contributed by atoms with Gasteiger partial charge in [0.25, 0.3) is 0 Å². The fraction of sp³-hybridized carbons (Fsp3) is 0.625. The number of piperazine rings is 1. The summed E-state index contributed by atoms with van der Waals surface area (Å²) in [6.07, 6.45) is 2.50. The normalized spacial score (nSPS) is 21.2. The van der Waals surface area contributed by atoms with Crippen LogP contribution in [-0.4, -0.2) is 31.8 Å². The number of hydrogen-bond acceptors (Lipinski definition) is 3. The standard InChI is InChI=1S/C16H26N2O/c1-4-13(3)19-16-8-6-7-15(11-16)18-10-9-17-14(5-2)12-18/h6-8,11,13-14,17H,4-5,9-10,12H2,1-3H3. The van der Waals surface area contributed by atoms with Gasteiger partial charge >= 0.3 is 0 Å². The first-order valence-corrected chi connectivity index (χ1v) is 7.48. The first-order chi connectivity index (χ1) is 9.22. The molecule has 0 aliphatic carbocycles. The third-order valence-electron chi connectivity index (χ3n) is 3.84. The lowest BCUT2D eigenvalue weighted by atomic mass is 10.1. The Hall–Kier alpha value is -1.22. The second-order valence-corrected chi connectivity index (χ2v) is 5.34. The summed E-state index contributed by atoms with van der Waals surface area (Å²) in [5, 5.41) is 3.55. The maximum Gasteiger partial charge on any atom is 0.121 e. The smallest absolute Gasteiger partial charge is 0.121 e. The van der Waals surface area contributed by atoms with Crippen LogP contribution in [0.15, 0.2) is 24.3 Å². The van der Waals surface area contributed by atoms with E-state index in [2.05, 4.69) is 55.3 Å². The Labute approximate surface area is 116 Å². The van der Waals surface area contributed by atoms with Gasteiger partial charge in [0.05, 0.1) is 6.10 Å². The first kappa shape index (κ1) is 14.2. The second-order valence-electron chi connectivity index (χ2n) is 5.34. The van der Waals surface area contributed by atoms with Gasteiger partial charge in [0.2, 0.25) is 0 Å². The largest absolute Gasteiger partial charge is 0.491 e. The third-order valence-corrected chi connectivity index (χ3v) is 3.84. The van der Waals surface area contributed by atoms with Crippen LogP contribution < -0.4 is 15.0 Å². The van der Waals surface area contributed by atoms with Crippen LogP contribution in [-0.2, 0) is 0 Å². The van der Waals surface area contributed by atoms with Gasteiger partial charge in [-0.15, -0.1) is 0 Å². The van der Waals surface area contributed by atoms with Crippen molar-refractivity contribution < 1.29 is 4.74 Å². The van der Waals surface area contributed by atoms with E-state index in [1.807, 2.05) is 0 Å². The third kappa shape index (κ3) is 3.87. The summed E-state index contributed by atoms with van der Waals surface area (Å²) in [7, 11) is 0. The van der Waals surface area contributed by atoms with Crippen LogP contribution in [0.3, 0.4) is 0 Å². The lowest BCUT2D eigenvalue weighted by Crippen LogP contribution is -2.50. The summed E-state index contributed by atoms with van der Waals surface area (Å²) in [6, 6.07) is 9.10. The van der Waals surface area contributed by atoms with Crippen molar-refractivity contribution in [2.75, 3.05) is 24.5 Å². The van der Waals surface area contributed by atoms with Crippen molar-refractivity contribution in [2.45, 2.75) is 45.8 Å². The van der Waals surface area contributed by atoms with Crippen molar-refractivity contribution in [1.29, 1.82) is 0 Å². The Balaban J connectivity index is 2.05. The van der Waals surface area contributed by atoms with Crippen LogP contribution in [0.2, 0.25) is 0 Å². The van der Waals surface area contributed by atoms with Gasteiger partial charge in [-0.1, -0.05) is 19.9 Å². The van der Waals surface area contributed by atoms with Crippen molar-refractivity contribution in [3.05, 3.63) is 24.3 Å². The van der Waals surface area contributed by atoms with Gasteiger partial charge in [0.1, 0.15) is 5.75 Å². The molecule has 1 fully saturated rings. The van der Waals surface area contributed by atoms with Gasteiger partial charge < -0.3 is 15.0 Å². The highest BCUT2D eigenvalue weighted by Crippen LogP contribution is 2.23. The molecule has 1 aromatic rings. The maximum atomic E-state index is 5.91. The highest BCUT2D eigenvalue weighted by atomic mass is 16.5. The van der Waals surface area contributed by atoms with E-state index in [0.717, 1.165) is 31.8 Å². The van der Waals surface area contributed by atoms with Crippen molar-refractivity contribution >= 4 is 5.69 Å². The fourth-order valence-electron chi connectivity index (χ4n) is 2.40. The predicted molar refractivity (Wildman–Crippen MR) is 81.1 cm³/mol. The quantitative estimate of drug-likeness (QED) is 0.882. The summed E-state index contributed by atoms with van der Waals surface area (Å²) in [5.41, 5.74) is 1.28. The van der Waals surface area contributed by atoms with Crippen LogP contribution in [0.5, 0.6) is 5.75 Å². The summed E-state index contributed by atoms with van der Waals surface area (Å²) in [6.45, 7) is 9.73. The zero-order chi connectivity index (χ0) is 13.7. The number of nitrogens with one attached hydrogen (secondary N) is 1. The van der Waals surface area contributed by atoms with Gasteiger partial charge in [0, 0.05) is 37.4 Å². The zero-order valence-corrected chi connectivity index (χ0v) is 12.4. The molecule has 2 atom stereocenters. The molecule has 1 saturated heterocycles. The summed E-state index contributed by atoms with van der Waals surface area (Å²) in [5.74, 6) is 0.985. The van der Waals surface area contributed by atoms with E-state index in [0.29, 0.717) is 6.04 Å². The lowest BCUT2D eigenvalue weighted by Gasteiger charge is -2.35. The Morgan fingerprint density at radius 1 is 1.42 bits per heavy atom. The second kappa shape index (κ2) is 6.80. The van der Waals surface area contributed by atoms with Crippen molar-refractivity contribution in [3.63, 3.8) is 0 Å². The SMILES string of the molecule is CCC1CN(c2cccc(OC(C)CC)c2)CCN1. The van der Waals surface area contributed by atoms with Crippen LogP contribution in [0.4, 0.5) is 5.69 Å². The monoisotopic (exact) mass is 262 g/mol. The molecule has 2 unspecified atom stereocenters. The van der Waals surface area contributed by atoms with E-state index in [1.54, 1.807) is 0 Å². The molecular formula is C16H26N2O. The number of benzene rings is 1. The molecule has 19 heavy (non-hydrogen) atoms. The van der Waals surface area contributed by atoms with Gasteiger partial charge in [-0.3, -0.25) is 0 Å². The summed E-state index contributed by atoms with van der Waals surface area (Å²) < 4.78 is 5.91. The van der Waals surface area contributed by atoms with Crippen LogP contribution in [0.25, 0.3) is 0 Å². The lowest BCUT2D eigenvalue weighted by molar-refractivity contribution is 0.217. The molecule has 1 heterocycles.